The van der Waals surface area contributed by atoms with E-state index in [1.165, 1.54) is 67.2 Å². The van der Waals surface area contributed by atoms with Gasteiger partial charge in [0.05, 0.1) is 6.61 Å². The van der Waals surface area contributed by atoms with E-state index in [1.807, 2.05) is 0 Å². The molecule has 1 aromatic rings. The van der Waals surface area contributed by atoms with Crippen LogP contribution in [0.3, 0.4) is 0 Å². The first kappa shape index (κ1) is 18.2. The van der Waals surface area contributed by atoms with E-state index in [0.29, 0.717) is 6.42 Å². The molecule has 0 atom stereocenters. The standard InChI is InChI=1S/C20H33O/c1-4-7-10-17-15-18(11-8-5-2)20(13-14-21)19(16-17)12-9-6-3/h15-16H,4-14H2,1-3H3. The Morgan fingerprint density at radius 3 is 1.62 bits per heavy atom. The first-order valence-electron chi connectivity index (χ1n) is 8.98. The highest BCUT2D eigenvalue weighted by Gasteiger charge is 2.11. The van der Waals surface area contributed by atoms with E-state index in [-0.39, 0.29) is 6.61 Å². The zero-order valence-electron chi connectivity index (χ0n) is 14.3. The fraction of sp³-hybridized carbons (Fsp3) is 0.700. The van der Waals surface area contributed by atoms with Crippen molar-refractivity contribution in [1.29, 1.82) is 0 Å². The van der Waals surface area contributed by atoms with Crippen molar-refractivity contribution in [3.63, 3.8) is 0 Å². The van der Waals surface area contributed by atoms with E-state index >= 15 is 0 Å². The summed E-state index contributed by atoms with van der Waals surface area (Å²) >= 11 is 0. The summed E-state index contributed by atoms with van der Waals surface area (Å²) in [4.78, 5) is 0. The highest BCUT2D eigenvalue weighted by Crippen LogP contribution is 2.23. The lowest BCUT2D eigenvalue weighted by molar-refractivity contribution is 0.196. The second-order valence-corrected chi connectivity index (χ2v) is 6.16. The van der Waals surface area contributed by atoms with Crippen LogP contribution in [0, 0.1) is 0 Å². The van der Waals surface area contributed by atoms with E-state index in [2.05, 4.69) is 32.9 Å². The highest BCUT2D eigenvalue weighted by molar-refractivity contribution is 5.40. The van der Waals surface area contributed by atoms with Gasteiger partial charge in [0.1, 0.15) is 0 Å². The van der Waals surface area contributed by atoms with Crippen molar-refractivity contribution in [1.82, 2.24) is 0 Å². The van der Waals surface area contributed by atoms with Crippen molar-refractivity contribution in [2.75, 3.05) is 6.61 Å². The second kappa shape index (κ2) is 10.8. The fourth-order valence-corrected chi connectivity index (χ4v) is 3.00. The molecule has 0 aliphatic heterocycles. The van der Waals surface area contributed by atoms with Crippen LogP contribution in [0.15, 0.2) is 12.1 Å². The Bertz CT molecular complexity index is 366. The summed E-state index contributed by atoms with van der Waals surface area (Å²) in [6.45, 7) is 6.76. The molecule has 1 radical (unpaired) electrons. The zero-order chi connectivity index (χ0) is 15.5. The van der Waals surface area contributed by atoms with Crippen LogP contribution < -0.4 is 0 Å². The van der Waals surface area contributed by atoms with Gasteiger partial charge >= 0.3 is 0 Å². The van der Waals surface area contributed by atoms with E-state index in [4.69, 9.17) is 0 Å². The van der Waals surface area contributed by atoms with Gasteiger partial charge in [-0.1, -0.05) is 52.2 Å². The number of hydrogen-bond acceptors (Lipinski definition) is 0. The van der Waals surface area contributed by atoms with Crippen molar-refractivity contribution in [2.45, 2.75) is 85.0 Å². The molecule has 0 fully saturated rings. The Hall–Kier alpha value is -0.820. The van der Waals surface area contributed by atoms with E-state index in [0.717, 1.165) is 12.8 Å². The molecular weight excluding hydrogens is 256 g/mol. The Morgan fingerprint density at radius 2 is 1.19 bits per heavy atom. The van der Waals surface area contributed by atoms with Gasteiger partial charge in [0.2, 0.25) is 0 Å². The predicted octanol–water partition coefficient (Wildman–Crippen LogP) is 5.69. The largest absolute Gasteiger partial charge is 0.236 e. The molecule has 0 aromatic heterocycles. The molecule has 119 valence electrons. The molecule has 0 N–H and O–H groups in total. The SMILES string of the molecule is CCCCc1cc(CCCC)c(CC[O])c(CCCC)c1. The van der Waals surface area contributed by atoms with Crippen molar-refractivity contribution >= 4 is 0 Å². The fourth-order valence-electron chi connectivity index (χ4n) is 3.00. The minimum atomic E-state index is 0.0204. The first-order valence-corrected chi connectivity index (χ1v) is 8.98. The number of hydrogen-bond donors (Lipinski definition) is 0. The molecule has 0 unspecified atom stereocenters. The molecule has 0 saturated heterocycles. The Labute approximate surface area is 131 Å². The maximum Gasteiger partial charge on any atom is 0.0862 e. The lowest BCUT2D eigenvalue weighted by Gasteiger charge is -2.17. The van der Waals surface area contributed by atoms with Gasteiger partial charge in [-0.3, -0.25) is 0 Å². The molecule has 0 saturated carbocycles. The van der Waals surface area contributed by atoms with Crippen LogP contribution in [0.2, 0.25) is 0 Å². The minimum absolute atomic E-state index is 0.0204. The maximum absolute atomic E-state index is 11.2. The Morgan fingerprint density at radius 1 is 0.714 bits per heavy atom. The monoisotopic (exact) mass is 289 g/mol. The highest BCUT2D eigenvalue weighted by atomic mass is 16.2. The molecule has 0 aliphatic carbocycles. The van der Waals surface area contributed by atoms with Gasteiger partial charge < -0.3 is 0 Å². The summed E-state index contributed by atoms with van der Waals surface area (Å²) in [5.41, 5.74) is 5.80. The molecule has 1 nitrogen and oxygen atoms in total. The summed E-state index contributed by atoms with van der Waals surface area (Å²) in [6, 6.07) is 4.79. The summed E-state index contributed by atoms with van der Waals surface area (Å²) in [5.74, 6) is 0. The van der Waals surface area contributed by atoms with Crippen molar-refractivity contribution < 1.29 is 5.11 Å². The van der Waals surface area contributed by atoms with Gasteiger partial charge in [0.15, 0.2) is 0 Å². The molecule has 1 aromatic carbocycles. The van der Waals surface area contributed by atoms with Gasteiger partial charge in [-0.15, -0.1) is 0 Å². The molecule has 1 heteroatoms. The molecule has 0 heterocycles. The number of aryl methyl sites for hydroxylation is 3. The topological polar surface area (TPSA) is 19.9 Å². The van der Waals surface area contributed by atoms with Gasteiger partial charge in [0.25, 0.3) is 0 Å². The van der Waals surface area contributed by atoms with E-state index in [9.17, 15) is 5.11 Å². The zero-order valence-corrected chi connectivity index (χ0v) is 14.3. The quantitative estimate of drug-likeness (QED) is 0.499. The van der Waals surface area contributed by atoms with Crippen LogP contribution in [0.5, 0.6) is 0 Å². The van der Waals surface area contributed by atoms with Gasteiger partial charge in [-0.05, 0) is 67.2 Å². The number of benzene rings is 1. The molecule has 0 spiro atoms. The molecule has 0 bridgehead atoms. The van der Waals surface area contributed by atoms with Crippen molar-refractivity contribution in [2.24, 2.45) is 0 Å². The van der Waals surface area contributed by atoms with Gasteiger partial charge in [-0.25, -0.2) is 5.11 Å². The van der Waals surface area contributed by atoms with Crippen molar-refractivity contribution in [3.8, 4) is 0 Å². The van der Waals surface area contributed by atoms with E-state index in [1.54, 1.807) is 0 Å². The van der Waals surface area contributed by atoms with Crippen LogP contribution in [0.25, 0.3) is 0 Å². The third-order valence-electron chi connectivity index (χ3n) is 4.26. The third-order valence-corrected chi connectivity index (χ3v) is 4.26. The Kier molecular flexibility index (Phi) is 9.41. The average molecular weight is 289 g/mol. The van der Waals surface area contributed by atoms with Crippen LogP contribution in [0.4, 0.5) is 0 Å². The van der Waals surface area contributed by atoms with Crippen LogP contribution >= 0.6 is 0 Å². The third kappa shape index (κ3) is 6.22. The molecule has 0 amide bonds. The first-order chi connectivity index (χ1) is 10.3. The number of unbranched alkanes of at least 4 members (excludes halogenated alkanes) is 3. The minimum Gasteiger partial charge on any atom is -0.236 e. The van der Waals surface area contributed by atoms with Crippen molar-refractivity contribution in [3.05, 3.63) is 34.4 Å². The lowest BCUT2D eigenvalue weighted by Crippen LogP contribution is -2.05. The van der Waals surface area contributed by atoms with E-state index < -0.39 is 0 Å². The van der Waals surface area contributed by atoms with Crippen LogP contribution in [-0.4, -0.2) is 6.61 Å². The average Bonchev–Trinajstić information content (AvgIpc) is 2.50. The van der Waals surface area contributed by atoms with Gasteiger partial charge in [-0.2, -0.15) is 0 Å². The molecule has 21 heavy (non-hydrogen) atoms. The predicted molar refractivity (Wildman–Crippen MR) is 91.5 cm³/mol. The second-order valence-electron chi connectivity index (χ2n) is 6.16. The Balaban J connectivity index is 3.07. The molecular formula is C20H33O. The summed E-state index contributed by atoms with van der Waals surface area (Å²) in [6.07, 6.45) is 11.6. The van der Waals surface area contributed by atoms with Crippen LogP contribution in [-0.2, 0) is 30.8 Å². The normalized spacial score (nSPS) is 11.0. The summed E-state index contributed by atoms with van der Waals surface area (Å²) in [5, 5.41) is 11.2. The maximum atomic E-state index is 11.2. The summed E-state index contributed by atoms with van der Waals surface area (Å²) < 4.78 is 0. The van der Waals surface area contributed by atoms with Gasteiger partial charge in [0, 0.05) is 0 Å². The molecule has 1 rings (SSSR count). The lowest BCUT2D eigenvalue weighted by atomic mass is 9.89. The summed E-state index contributed by atoms with van der Waals surface area (Å²) in [7, 11) is 0. The van der Waals surface area contributed by atoms with Crippen LogP contribution in [0.1, 0.15) is 81.5 Å². The number of rotatable bonds is 11. The molecule has 0 aliphatic rings. The smallest absolute Gasteiger partial charge is 0.0862 e.